The molecule has 1 aromatic heterocycles. The standard InChI is InChI=1S/C12H15ClN2O2S/c1-6-9(11(16)14-7(2)10(6)13)12(17)15-8-3-4-18-5-8/h8H,3-5H2,1-2H3,(H,14,16)(H,15,17). The van der Waals surface area contributed by atoms with Gasteiger partial charge in [-0.15, -0.1) is 0 Å². The number of thioether (sulfide) groups is 1. The average molecular weight is 287 g/mol. The van der Waals surface area contributed by atoms with E-state index >= 15 is 0 Å². The van der Waals surface area contributed by atoms with E-state index in [9.17, 15) is 9.59 Å². The number of hydrogen-bond donors (Lipinski definition) is 2. The lowest BCUT2D eigenvalue weighted by molar-refractivity contribution is 0.0939. The normalized spacial score (nSPS) is 18.9. The molecular weight excluding hydrogens is 272 g/mol. The lowest BCUT2D eigenvalue weighted by atomic mass is 10.1. The van der Waals surface area contributed by atoms with Crippen molar-refractivity contribution in [1.29, 1.82) is 0 Å². The van der Waals surface area contributed by atoms with Crippen molar-refractivity contribution in [2.24, 2.45) is 0 Å². The van der Waals surface area contributed by atoms with Crippen molar-refractivity contribution < 1.29 is 4.79 Å². The van der Waals surface area contributed by atoms with Crippen molar-refractivity contribution in [2.45, 2.75) is 26.3 Å². The summed E-state index contributed by atoms with van der Waals surface area (Å²) >= 11 is 7.87. The number of hydrogen-bond acceptors (Lipinski definition) is 3. The second-order valence-corrected chi connectivity index (χ2v) is 5.95. The molecular formula is C12H15ClN2O2S. The van der Waals surface area contributed by atoms with Gasteiger partial charge in [0.05, 0.1) is 5.02 Å². The summed E-state index contributed by atoms with van der Waals surface area (Å²) < 4.78 is 0. The van der Waals surface area contributed by atoms with E-state index < -0.39 is 0 Å². The molecule has 1 aliphatic rings. The molecule has 1 aromatic rings. The van der Waals surface area contributed by atoms with Crippen molar-refractivity contribution in [2.75, 3.05) is 11.5 Å². The Morgan fingerprint density at radius 2 is 2.22 bits per heavy atom. The third kappa shape index (κ3) is 2.57. The van der Waals surface area contributed by atoms with Crippen molar-refractivity contribution in [3.63, 3.8) is 0 Å². The van der Waals surface area contributed by atoms with Crippen molar-refractivity contribution in [3.8, 4) is 0 Å². The second kappa shape index (κ2) is 5.36. The number of halogens is 1. The highest BCUT2D eigenvalue weighted by Gasteiger charge is 2.22. The number of amides is 1. The minimum Gasteiger partial charge on any atom is -0.348 e. The molecule has 2 N–H and O–H groups in total. The van der Waals surface area contributed by atoms with Crippen LogP contribution in [0, 0.1) is 13.8 Å². The van der Waals surface area contributed by atoms with E-state index in [2.05, 4.69) is 10.3 Å². The van der Waals surface area contributed by atoms with Crippen LogP contribution < -0.4 is 10.9 Å². The molecule has 6 heteroatoms. The van der Waals surface area contributed by atoms with Gasteiger partial charge >= 0.3 is 0 Å². The van der Waals surface area contributed by atoms with Gasteiger partial charge in [-0.2, -0.15) is 11.8 Å². The molecule has 1 aliphatic heterocycles. The number of aryl methyl sites for hydroxylation is 1. The number of aromatic nitrogens is 1. The first kappa shape index (κ1) is 13.5. The average Bonchev–Trinajstić information content (AvgIpc) is 2.78. The predicted molar refractivity (Wildman–Crippen MR) is 74.7 cm³/mol. The maximum absolute atomic E-state index is 12.1. The van der Waals surface area contributed by atoms with Crippen LogP contribution in [0.25, 0.3) is 0 Å². The van der Waals surface area contributed by atoms with E-state index in [4.69, 9.17) is 11.6 Å². The van der Waals surface area contributed by atoms with Gasteiger partial charge in [0.2, 0.25) is 0 Å². The molecule has 18 heavy (non-hydrogen) atoms. The van der Waals surface area contributed by atoms with Gasteiger partial charge in [-0.3, -0.25) is 9.59 Å². The van der Waals surface area contributed by atoms with Gasteiger partial charge in [0.25, 0.3) is 11.5 Å². The largest absolute Gasteiger partial charge is 0.348 e. The monoisotopic (exact) mass is 286 g/mol. The maximum atomic E-state index is 12.1. The van der Waals surface area contributed by atoms with E-state index in [0.29, 0.717) is 16.3 Å². The van der Waals surface area contributed by atoms with E-state index in [1.807, 2.05) is 0 Å². The lowest BCUT2D eigenvalue weighted by Gasteiger charge is -2.13. The van der Waals surface area contributed by atoms with Gasteiger partial charge in [0, 0.05) is 17.5 Å². The zero-order valence-corrected chi connectivity index (χ0v) is 11.9. The molecule has 1 atom stereocenters. The van der Waals surface area contributed by atoms with Crippen LogP contribution in [-0.2, 0) is 0 Å². The highest BCUT2D eigenvalue weighted by molar-refractivity contribution is 7.99. The van der Waals surface area contributed by atoms with E-state index in [1.165, 1.54) is 0 Å². The smallest absolute Gasteiger partial charge is 0.261 e. The van der Waals surface area contributed by atoms with Crippen LogP contribution in [0.4, 0.5) is 0 Å². The summed E-state index contributed by atoms with van der Waals surface area (Å²) in [5, 5.41) is 3.33. The summed E-state index contributed by atoms with van der Waals surface area (Å²) in [6, 6.07) is 0.154. The van der Waals surface area contributed by atoms with Crippen LogP contribution in [0.2, 0.25) is 5.02 Å². The van der Waals surface area contributed by atoms with Crippen molar-refractivity contribution in [1.82, 2.24) is 10.3 Å². The molecule has 0 aliphatic carbocycles. The van der Waals surface area contributed by atoms with Crippen LogP contribution in [0.3, 0.4) is 0 Å². The molecule has 4 nitrogen and oxygen atoms in total. The molecule has 0 aromatic carbocycles. The summed E-state index contributed by atoms with van der Waals surface area (Å²) in [4.78, 5) is 26.6. The maximum Gasteiger partial charge on any atom is 0.261 e. The van der Waals surface area contributed by atoms with E-state index in [0.717, 1.165) is 17.9 Å². The van der Waals surface area contributed by atoms with Crippen molar-refractivity contribution in [3.05, 3.63) is 32.2 Å². The summed E-state index contributed by atoms with van der Waals surface area (Å²) in [5.74, 6) is 1.63. The van der Waals surface area contributed by atoms with Gasteiger partial charge in [-0.05, 0) is 31.6 Å². The Hall–Kier alpha value is -0.940. The fourth-order valence-corrected chi connectivity index (χ4v) is 3.32. The number of H-pyrrole nitrogens is 1. The Kier molecular flexibility index (Phi) is 4.02. The summed E-state index contributed by atoms with van der Waals surface area (Å²) in [6.45, 7) is 3.41. The second-order valence-electron chi connectivity index (χ2n) is 4.43. The van der Waals surface area contributed by atoms with Crippen LogP contribution in [-0.4, -0.2) is 28.4 Å². The number of rotatable bonds is 2. The Bertz CT molecular complexity index is 536. The third-order valence-electron chi connectivity index (χ3n) is 3.05. The molecule has 1 amide bonds. The summed E-state index contributed by atoms with van der Waals surface area (Å²) in [7, 11) is 0. The SMILES string of the molecule is Cc1[nH]c(=O)c(C(=O)NC2CCSC2)c(C)c1Cl. The van der Waals surface area contributed by atoms with Crippen LogP contribution in [0.15, 0.2) is 4.79 Å². The molecule has 0 spiro atoms. The van der Waals surface area contributed by atoms with Gasteiger partial charge in [-0.1, -0.05) is 11.6 Å². The quantitative estimate of drug-likeness (QED) is 0.873. The zero-order chi connectivity index (χ0) is 13.3. The first-order valence-electron chi connectivity index (χ1n) is 5.78. The zero-order valence-electron chi connectivity index (χ0n) is 10.3. The molecule has 0 saturated carbocycles. The third-order valence-corrected chi connectivity index (χ3v) is 4.78. The van der Waals surface area contributed by atoms with Gasteiger partial charge in [-0.25, -0.2) is 0 Å². The van der Waals surface area contributed by atoms with Gasteiger partial charge in [0.15, 0.2) is 0 Å². The molecule has 1 saturated heterocycles. The minimum atomic E-state index is -0.377. The van der Waals surface area contributed by atoms with E-state index in [1.54, 1.807) is 25.6 Å². The highest BCUT2D eigenvalue weighted by Crippen LogP contribution is 2.20. The summed E-state index contributed by atoms with van der Waals surface area (Å²) in [5.41, 5.74) is 0.883. The van der Waals surface area contributed by atoms with Gasteiger partial charge < -0.3 is 10.3 Å². The molecule has 2 heterocycles. The molecule has 2 rings (SSSR count). The number of aromatic amines is 1. The number of carbonyl (C=O) groups excluding carboxylic acids is 1. The first-order valence-corrected chi connectivity index (χ1v) is 7.31. The lowest BCUT2D eigenvalue weighted by Crippen LogP contribution is -2.38. The van der Waals surface area contributed by atoms with Crippen LogP contribution in [0.5, 0.6) is 0 Å². The minimum absolute atomic E-state index is 0.127. The Labute approximate surface area is 114 Å². The number of carbonyl (C=O) groups is 1. The fourth-order valence-electron chi connectivity index (χ4n) is 2.03. The molecule has 0 bridgehead atoms. The molecule has 0 radical (unpaired) electrons. The first-order chi connectivity index (χ1) is 8.50. The fraction of sp³-hybridized carbons (Fsp3) is 0.500. The highest BCUT2D eigenvalue weighted by atomic mass is 35.5. The van der Waals surface area contributed by atoms with Crippen LogP contribution in [0.1, 0.15) is 28.0 Å². The Morgan fingerprint density at radius 1 is 1.50 bits per heavy atom. The Balaban J connectivity index is 2.30. The summed E-state index contributed by atoms with van der Waals surface area (Å²) in [6.07, 6.45) is 0.951. The van der Waals surface area contributed by atoms with Crippen LogP contribution >= 0.6 is 23.4 Å². The predicted octanol–water partition coefficient (Wildman–Crippen LogP) is 1.88. The number of pyridine rings is 1. The topological polar surface area (TPSA) is 62.0 Å². The molecule has 98 valence electrons. The van der Waals surface area contributed by atoms with Crippen molar-refractivity contribution >= 4 is 29.3 Å². The van der Waals surface area contributed by atoms with E-state index in [-0.39, 0.29) is 23.1 Å². The Morgan fingerprint density at radius 3 is 2.83 bits per heavy atom. The van der Waals surface area contributed by atoms with Gasteiger partial charge in [0.1, 0.15) is 5.56 Å². The number of nitrogens with one attached hydrogen (secondary N) is 2. The molecule has 1 unspecified atom stereocenters. The molecule has 1 fully saturated rings.